The van der Waals surface area contributed by atoms with E-state index in [1.54, 1.807) is 12.1 Å². The first-order valence-electron chi connectivity index (χ1n) is 5.97. The summed E-state index contributed by atoms with van der Waals surface area (Å²) >= 11 is 0. The van der Waals surface area contributed by atoms with Gasteiger partial charge in [0, 0.05) is 23.8 Å². The van der Waals surface area contributed by atoms with E-state index in [1.165, 1.54) is 0 Å². The van der Waals surface area contributed by atoms with Gasteiger partial charge in [0.05, 0.1) is 6.20 Å². The van der Waals surface area contributed by atoms with Gasteiger partial charge in [0.1, 0.15) is 5.69 Å². The first kappa shape index (κ1) is 11.3. The highest BCUT2D eigenvalue weighted by Gasteiger charge is 2.16. The molecule has 0 amide bonds. The van der Waals surface area contributed by atoms with Gasteiger partial charge in [0.2, 0.25) is 11.4 Å². The van der Waals surface area contributed by atoms with Gasteiger partial charge in [-0.25, -0.2) is 0 Å². The average Bonchev–Trinajstić information content (AvgIpc) is 2.98. The molecule has 0 aliphatic rings. The monoisotopic (exact) mass is 250 g/mol. The second kappa shape index (κ2) is 4.86. The average molecular weight is 250 g/mol. The molecular formula is C15H12N3O+. The van der Waals surface area contributed by atoms with Crippen LogP contribution in [0.1, 0.15) is 0 Å². The summed E-state index contributed by atoms with van der Waals surface area (Å²) in [6.07, 6.45) is 1.88. The molecule has 2 aromatic carbocycles. The summed E-state index contributed by atoms with van der Waals surface area (Å²) in [4.78, 5) is 10.4. The minimum Gasteiger partial charge on any atom is -0.167 e. The Morgan fingerprint density at radius 1 is 0.895 bits per heavy atom. The standard InChI is InChI=1S/C15H11N3O/c19-17-13-8-6-12(7-9-13)15-10-11-16-18(15)14-4-2-1-3-5-14/h1-11H/p+1. The van der Waals surface area contributed by atoms with E-state index in [0.717, 1.165) is 16.9 Å². The van der Waals surface area contributed by atoms with Crippen LogP contribution in [-0.4, -0.2) is 5.10 Å². The van der Waals surface area contributed by atoms with Crippen LogP contribution < -0.4 is 4.68 Å². The second-order valence-electron chi connectivity index (χ2n) is 4.16. The fraction of sp³-hybridized carbons (Fsp3) is 0. The quantitative estimate of drug-likeness (QED) is 0.562. The zero-order chi connectivity index (χ0) is 13.1. The number of nitroso groups, excluding NO2 is 1. The molecule has 4 heteroatoms. The lowest BCUT2D eigenvalue weighted by molar-refractivity contribution is -0.644. The van der Waals surface area contributed by atoms with E-state index in [9.17, 15) is 4.91 Å². The molecule has 0 aliphatic heterocycles. The molecule has 0 bridgehead atoms. The molecular weight excluding hydrogens is 238 g/mol. The van der Waals surface area contributed by atoms with Crippen LogP contribution in [0.5, 0.6) is 0 Å². The maximum Gasteiger partial charge on any atom is 0.245 e. The van der Waals surface area contributed by atoms with Gasteiger partial charge >= 0.3 is 0 Å². The molecule has 1 N–H and O–H groups in total. The fourth-order valence-corrected chi connectivity index (χ4v) is 2.04. The topological polar surface area (TPSA) is 49.1 Å². The normalized spacial score (nSPS) is 10.3. The van der Waals surface area contributed by atoms with Crippen molar-refractivity contribution in [1.29, 1.82) is 0 Å². The molecule has 92 valence electrons. The Morgan fingerprint density at radius 2 is 1.63 bits per heavy atom. The Balaban J connectivity index is 2.06. The lowest BCUT2D eigenvalue weighted by atomic mass is 10.1. The number of rotatable bonds is 3. The summed E-state index contributed by atoms with van der Waals surface area (Å²) in [5.41, 5.74) is 3.55. The number of benzene rings is 2. The van der Waals surface area contributed by atoms with Gasteiger partial charge in [0.25, 0.3) is 0 Å². The highest BCUT2D eigenvalue weighted by Crippen LogP contribution is 2.20. The molecule has 0 unspecified atom stereocenters. The van der Waals surface area contributed by atoms with Gasteiger partial charge in [-0.05, 0) is 29.4 Å². The Morgan fingerprint density at radius 3 is 2.32 bits per heavy atom. The van der Waals surface area contributed by atoms with Crippen LogP contribution in [0.15, 0.2) is 72.0 Å². The lowest BCUT2D eigenvalue weighted by Crippen LogP contribution is -2.34. The summed E-state index contributed by atoms with van der Waals surface area (Å²) in [6, 6.07) is 19.2. The molecule has 1 aromatic heterocycles. The predicted molar refractivity (Wildman–Crippen MR) is 73.2 cm³/mol. The molecule has 0 atom stereocenters. The highest BCUT2D eigenvalue weighted by atomic mass is 16.3. The smallest absolute Gasteiger partial charge is 0.167 e. The van der Waals surface area contributed by atoms with Gasteiger partial charge in [-0.2, -0.15) is 5.10 Å². The molecule has 0 aliphatic carbocycles. The summed E-state index contributed by atoms with van der Waals surface area (Å²) in [5, 5.41) is 6.09. The van der Waals surface area contributed by atoms with Crippen molar-refractivity contribution in [2.24, 2.45) is 5.18 Å². The third-order valence-electron chi connectivity index (χ3n) is 2.97. The van der Waals surface area contributed by atoms with E-state index in [2.05, 4.69) is 10.3 Å². The first-order valence-corrected chi connectivity index (χ1v) is 5.97. The highest BCUT2D eigenvalue weighted by molar-refractivity contribution is 5.59. The first-order chi connectivity index (χ1) is 9.38. The van der Waals surface area contributed by atoms with Crippen LogP contribution >= 0.6 is 0 Å². The number of hydrogen-bond acceptors (Lipinski definition) is 2. The summed E-state index contributed by atoms with van der Waals surface area (Å²) in [7, 11) is 0. The number of hydrogen-bond donors (Lipinski definition) is 1. The van der Waals surface area contributed by atoms with Crippen LogP contribution in [0, 0.1) is 4.91 Å². The molecule has 3 aromatic rings. The zero-order valence-electron chi connectivity index (χ0n) is 10.2. The minimum atomic E-state index is 0.436. The minimum absolute atomic E-state index is 0.436. The SMILES string of the molecule is O=Nc1ccc(-c2cc[nH][n+]2-c2ccccc2)cc1. The maximum atomic E-state index is 10.4. The van der Waals surface area contributed by atoms with Crippen molar-refractivity contribution in [3.63, 3.8) is 0 Å². The zero-order valence-corrected chi connectivity index (χ0v) is 10.2. The number of H-pyrrole nitrogens is 1. The van der Waals surface area contributed by atoms with Gasteiger partial charge in [-0.15, -0.1) is 4.91 Å². The number of aromatic amines is 1. The van der Waals surface area contributed by atoms with Crippen molar-refractivity contribution in [3.05, 3.63) is 71.8 Å². The molecule has 19 heavy (non-hydrogen) atoms. The van der Waals surface area contributed by atoms with Crippen molar-refractivity contribution >= 4 is 5.69 Å². The third kappa shape index (κ3) is 2.15. The van der Waals surface area contributed by atoms with E-state index in [1.807, 2.05) is 59.4 Å². The summed E-state index contributed by atoms with van der Waals surface area (Å²) < 4.78 is 1.99. The Hall–Kier alpha value is -2.75. The number of aromatic nitrogens is 2. The molecule has 0 radical (unpaired) electrons. The molecule has 0 fully saturated rings. The van der Waals surface area contributed by atoms with Gasteiger partial charge in [-0.3, -0.25) is 0 Å². The van der Waals surface area contributed by atoms with Crippen molar-refractivity contribution in [2.75, 3.05) is 0 Å². The summed E-state index contributed by atoms with van der Waals surface area (Å²) in [5.74, 6) is 0. The van der Waals surface area contributed by atoms with Crippen LogP contribution in [0.2, 0.25) is 0 Å². The molecule has 4 nitrogen and oxygen atoms in total. The Bertz CT molecular complexity index is 687. The van der Waals surface area contributed by atoms with Gasteiger partial charge in [-0.1, -0.05) is 22.9 Å². The molecule has 1 heterocycles. The van der Waals surface area contributed by atoms with E-state index in [0.29, 0.717) is 5.69 Å². The van der Waals surface area contributed by atoms with Crippen LogP contribution in [0.25, 0.3) is 16.9 Å². The van der Waals surface area contributed by atoms with Crippen molar-refractivity contribution < 1.29 is 4.68 Å². The molecule has 0 spiro atoms. The Kier molecular flexibility index (Phi) is 2.90. The lowest BCUT2D eigenvalue weighted by Gasteiger charge is -1.97. The van der Waals surface area contributed by atoms with E-state index < -0.39 is 0 Å². The van der Waals surface area contributed by atoms with E-state index >= 15 is 0 Å². The van der Waals surface area contributed by atoms with E-state index in [4.69, 9.17) is 0 Å². The summed E-state index contributed by atoms with van der Waals surface area (Å²) in [6.45, 7) is 0. The number of para-hydroxylation sites is 1. The Labute approximate surface area is 110 Å². The maximum absolute atomic E-state index is 10.4. The molecule has 0 saturated carbocycles. The van der Waals surface area contributed by atoms with Crippen LogP contribution in [-0.2, 0) is 0 Å². The van der Waals surface area contributed by atoms with Gasteiger partial charge in [0.15, 0.2) is 0 Å². The van der Waals surface area contributed by atoms with Crippen LogP contribution in [0.4, 0.5) is 5.69 Å². The van der Waals surface area contributed by atoms with Gasteiger partial charge < -0.3 is 0 Å². The fourth-order valence-electron chi connectivity index (χ4n) is 2.04. The van der Waals surface area contributed by atoms with Crippen LogP contribution in [0.3, 0.4) is 0 Å². The molecule has 3 rings (SSSR count). The largest absolute Gasteiger partial charge is 0.245 e. The number of nitrogens with one attached hydrogen (secondary N) is 1. The van der Waals surface area contributed by atoms with Crippen molar-refractivity contribution in [3.8, 4) is 16.9 Å². The van der Waals surface area contributed by atoms with Crippen molar-refractivity contribution in [2.45, 2.75) is 0 Å². The van der Waals surface area contributed by atoms with E-state index in [-0.39, 0.29) is 0 Å². The predicted octanol–water partition coefficient (Wildman–Crippen LogP) is 3.36. The number of nitrogens with zero attached hydrogens (tertiary/aromatic N) is 2. The molecule has 0 saturated heterocycles. The van der Waals surface area contributed by atoms with Crippen molar-refractivity contribution in [1.82, 2.24) is 5.10 Å². The second-order valence-corrected chi connectivity index (χ2v) is 4.16. The third-order valence-corrected chi connectivity index (χ3v) is 2.97.